The van der Waals surface area contributed by atoms with Gasteiger partial charge >= 0.3 is 0 Å². The first kappa shape index (κ1) is 37.3. The first-order valence-corrected chi connectivity index (χ1v) is 18.2. The quantitative estimate of drug-likeness (QED) is 0.188. The number of anilines is 4. The van der Waals surface area contributed by atoms with Gasteiger partial charge in [0.15, 0.2) is 5.78 Å². The van der Waals surface area contributed by atoms with Crippen molar-refractivity contribution >= 4 is 85.6 Å². The molecule has 0 radical (unpaired) electrons. The molecule has 16 heteroatoms. The van der Waals surface area contributed by atoms with Gasteiger partial charge in [0.1, 0.15) is 0 Å². The minimum Gasteiger partial charge on any atom is -0.289 e. The Hall–Kier alpha value is -7.98. The summed E-state index contributed by atoms with van der Waals surface area (Å²) in [6.45, 7) is 0. The molecule has 4 aliphatic heterocycles. The van der Waals surface area contributed by atoms with E-state index in [1.807, 2.05) is 0 Å². The Morgan fingerprint density at radius 2 is 0.614 bits per heavy atom. The van der Waals surface area contributed by atoms with Crippen molar-refractivity contribution in [3.05, 3.63) is 157 Å². The third-order valence-electron chi connectivity index (χ3n) is 8.78. The van der Waals surface area contributed by atoms with Crippen LogP contribution in [-0.4, -0.2) is 61.5 Å². The number of hydrogen-bond acceptors (Lipinski definition) is 11. The molecule has 0 aromatic heterocycles. The summed E-state index contributed by atoms with van der Waals surface area (Å²) in [7, 11) is -3.88. The van der Waals surface area contributed by atoms with E-state index in [4.69, 9.17) is 0 Å². The molecule has 4 aromatic carbocycles. The number of amides is 8. The molecule has 4 aromatic rings. The summed E-state index contributed by atoms with van der Waals surface area (Å²) in [5.74, 6) is -4.27. The number of rotatable bonds is 8. The first-order valence-electron chi connectivity index (χ1n) is 16.7. The number of sulfone groups is 1. The van der Waals surface area contributed by atoms with E-state index in [2.05, 4.69) is 0 Å². The number of imide groups is 4. The normalized spacial score (nSPS) is 16.1. The van der Waals surface area contributed by atoms with Crippen molar-refractivity contribution in [1.29, 1.82) is 0 Å². The average molecular weight is 781 g/mol. The van der Waals surface area contributed by atoms with Gasteiger partial charge in [-0.3, -0.25) is 43.2 Å². The molecule has 0 fully saturated rings. The fourth-order valence-electron chi connectivity index (χ4n) is 6.04. The lowest BCUT2D eigenvalue weighted by molar-refractivity contribution is -0.121. The number of carbonyl (C=O) groups excluding carboxylic acids is 9. The molecule has 0 saturated heterocycles. The van der Waals surface area contributed by atoms with Crippen LogP contribution in [0.25, 0.3) is 0 Å². The SMILES string of the molecule is O=C(c1cccc(N2C(=O)C=CC2=O)c1)c1cccc(N2C(=O)C=CC2=O)c1.O=C1C=CC(=O)N1c1ccc(S(=O)(=O)c2ccc(N3C(=O)C=CC3=O)cc2)cc1. The fraction of sp³-hybridized carbons (Fsp3) is 0. The highest BCUT2D eigenvalue weighted by Gasteiger charge is 2.29. The van der Waals surface area contributed by atoms with Crippen LogP contribution in [0.4, 0.5) is 22.7 Å². The molecule has 0 aliphatic carbocycles. The second-order valence-electron chi connectivity index (χ2n) is 12.3. The molecule has 57 heavy (non-hydrogen) atoms. The van der Waals surface area contributed by atoms with Gasteiger partial charge in [0, 0.05) is 59.7 Å². The maximum Gasteiger partial charge on any atom is 0.258 e. The van der Waals surface area contributed by atoms with Crippen molar-refractivity contribution in [1.82, 2.24) is 0 Å². The number of ketones is 1. The molecular formula is C41H24N4O11S. The molecule has 8 amide bonds. The van der Waals surface area contributed by atoms with Crippen LogP contribution in [0.1, 0.15) is 15.9 Å². The van der Waals surface area contributed by atoms with Gasteiger partial charge in [0.05, 0.1) is 32.5 Å². The van der Waals surface area contributed by atoms with E-state index in [0.29, 0.717) is 0 Å². The Kier molecular flexibility index (Phi) is 9.62. The molecular weight excluding hydrogens is 757 g/mol. The lowest BCUT2D eigenvalue weighted by Crippen LogP contribution is -2.30. The van der Waals surface area contributed by atoms with E-state index in [9.17, 15) is 51.6 Å². The van der Waals surface area contributed by atoms with E-state index in [1.165, 1.54) is 85.0 Å². The van der Waals surface area contributed by atoms with Crippen molar-refractivity contribution in [2.45, 2.75) is 9.79 Å². The van der Waals surface area contributed by atoms with Gasteiger partial charge in [-0.15, -0.1) is 0 Å². The van der Waals surface area contributed by atoms with E-state index in [1.54, 1.807) is 36.4 Å². The highest BCUT2D eigenvalue weighted by Crippen LogP contribution is 2.28. The zero-order valence-corrected chi connectivity index (χ0v) is 29.9. The molecule has 0 N–H and O–H groups in total. The van der Waals surface area contributed by atoms with E-state index < -0.39 is 57.1 Å². The van der Waals surface area contributed by atoms with Crippen molar-refractivity contribution in [2.75, 3.05) is 19.6 Å². The van der Waals surface area contributed by atoms with Crippen LogP contribution in [-0.2, 0) is 48.2 Å². The molecule has 0 atom stereocenters. The third kappa shape index (κ3) is 7.06. The largest absolute Gasteiger partial charge is 0.289 e. The van der Waals surface area contributed by atoms with Crippen LogP contribution >= 0.6 is 0 Å². The molecule has 0 saturated carbocycles. The topological polar surface area (TPSA) is 201 Å². The van der Waals surface area contributed by atoms with Crippen molar-refractivity contribution in [3.63, 3.8) is 0 Å². The van der Waals surface area contributed by atoms with Crippen molar-refractivity contribution in [3.8, 4) is 0 Å². The third-order valence-corrected chi connectivity index (χ3v) is 10.6. The van der Waals surface area contributed by atoms with Crippen LogP contribution in [0.5, 0.6) is 0 Å². The number of hydrogen-bond donors (Lipinski definition) is 0. The van der Waals surface area contributed by atoms with Crippen LogP contribution in [0.15, 0.2) is 155 Å². The van der Waals surface area contributed by atoms with E-state index in [-0.39, 0.29) is 49.5 Å². The fourth-order valence-corrected chi connectivity index (χ4v) is 7.30. The highest BCUT2D eigenvalue weighted by atomic mass is 32.2. The van der Waals surface area contributed by atoms with Crippen LogP contribution in [0.3, 0.4) is 0 Å². The second-order valence-corrected chi connectivity index (χ2v) is 14.3. The standard InChI is InChI=1S/C21H12N2O5.C20H12N2O6S/c24-17-7-8-18(25)22(17)15-5-1-3-13(11-15)21(28)14-4-2-6-16(12-14)23-19(26)9-10-20(23)27;23-17-9-10-18(24)21(17)13-1-5-15(6-2-13)29(27,28)16-7-3-14(4-8-16)22-19(25)11-12-20(22)26/h1-12H;1-12H. The molecule has 0 spiro atoms. The van der Waals surface area contributed by atoms with Gasteiger partial charge in [-0.2, -0.15) is 0 Å². The summed E-state index contributed by atoms with van der Waals surface area (Å²) in [5, 5.41) is 0. The molecule has 0 unspecified atom stereocenters. The van der Waals surface area contributed by atoms with Crippen LogP contribution in [0, 0.1) is 0 Å². The second kappa shape index (κ2) is 14.7. The smallest absolute Gasteiger partial charge is 0.258 e. The molecule has 15 nitrogen and oxygen atoms in total. The van der Waals surface area contributed by atoms with Gasteiger partial charge < -0.3 is 0 Å². The Labute approximate surface area is 322 Å². The van der Waals surface area contributed by atoms with Gasteiger partial charge in [0.2, 0.25) is 9.84 Å². The van der Waals surface area contributed by atoms with Gasteiger partial charge in [0.25, 0.3) is 47.3 Å². The molecule has 8 rings (SSSR count). The summed E-state index contributed by atoms with van der Waals surface area (Å²) in [6.07, 6.45) is 9.22. The summed E-state index contributed by atoms with van der Waals surface area (Å²) in [5.41, 5.74) is 1.63. The van der Waals surface area contributed by atoms with E-state index in [0.717, 1.165) is 43.9 Å². The molecule has 0 bridgehead atoms. The Morgan fingerprint density at radius 1 is 0.351 bits per heavy atom. The maximum atomic E-state index is 12.9. The maximum absolute atomic E-state index is 12.9. The van der Waals surface area contributed by atoms with Crippen molar-refractivity contribution < 1.29 is 51.6 Å². The number of nitrogens with zero attached hydrogens (tertiary/aromatic N) is 4. The summed E-state index contributed by atoms with van der Waals surface area (Å²) >= 11 is 0. The van der Waals surface area contributed by atoms with Gasteiger partial charge in [-0.1, -0.05) is 24.3 Å². The predicted octanol–water partition coefficient (Wildman–Crippen LogP) is 3.15. The van der Waals surface area contributed by atoms with Gasteiger partial charge in [-0.05, 0) is 72.8 Å². The molecule has 280 valence electrons. The highest BCUT2D eigenvalue weighted by molar-refractivity contribution is 7.91. The van der Waals surface area contributed by atoms with Crippen LogP contribution in [0.2, 0.25) is 0 Å². The summed E-state index contributed by atoms with van der Waals surface area (Å²) < 4.78 is 25.7. The minimum absolute atomic E-state index is 0.0314. The number of carbonyl (C=O) groups is 9. The van der Waals surface area contributed by atoms with E-state index >= 15 is 0 Å². The lowest BCUT2D eigenvalue weighted by Gasteiger charge is -2.16. The zero-order chi connectivity index (χ0) is 40.6. The monoisotopic (exact) mass is 780 g/mol. The lowest BCUT2D eigenvalue weighted by atomic mass is 10.0. The van der Waals surface area contributed by atoms with Crippen molar-refractivity contribution in [2.24, 2.45) is 0 Å². The minimum atomic E-state index is -3.88. The summed E-state index contributed by atoms with van der Waals surface area (Å²) in [4.78, 5) is 111. The predicted molar refractivity (Wildman–Crippen MR) is 201 cm³/mol. The Bertz CT molecular complexity index is 2480. The first-order chi connectivity index (χ1) is 27.2. The Morgan fingerprint density at radius 3 is 0.895 bits per heavy atom. The zero-order valence-electron chi connectivity index (χ0n) is 29.0. The van der Waals surface area contributed by atoms with Crippen LogP contribution < -0.4 is 19.6 Å². The molecule has 4 heterocycles. The Balaban J connectivity index is 0.000000174. The number of benzene rings is 4. The van der Waals surface area contributed by atoms with Gasteiger partial charge in [-0.25, -0.2) is 28.0 Å². The average Bonchev–Trinajstić information content (AvgIpc) is 3.95. The molecule has 4 aliphatic rings. The summed E-state index contributed by atoms with van der Waals surface area (Å²) in [6, 6.07) is 23.0.